The Labute approximate surface area is 122 Å². The standard InChI is InChI=1S/C15H10F2N2O3/c16-9-5-6-10(17)11(7-9)18-14(20)8-19-12-3-1-2-4-13(12)22-15(19)21/h1-7H,8H2,(H,18,20). The molecule has 1 N–H and O–H groups in total. The molecule has 5 nitrogen and oxygen atoms in total. The highest BCUT2D eigenvalue weighted by molar-refractivity contribution is 5.91. The van der Waals surface area contributed by atoms with Gasteiger partial charge in [0.25, 0.3) is 0 Å². The van der Waals surface area contributed by atoms with Crippen LogP contribution in [-0.4, -0.2) is 10.5 Å². The number of hydrogen-bond donors (Lipinski definition) is 1. The Bertz CT molecular complexity index is 915. The van der Waals surface area contributed by atoms with E-state index < -0.39 is 23.3 Å². The molecule has 22 heavy (non-hydrogen) atoms. The van der Waals surface area contributed by atoms with Gasteiger partial charge in [0.1, 0.15) is 18.2 Å². The molecule has 0 radical (unpaired) electrons. The molecule has 1 amide bonds. The fourth-order valence-corrected chi connectivity index (χ4v) is 2.09. The van der Waals surface area contributed by atoms with Gasteiger partial charge in [0.15, 0.2) is 5.58 Å². The summed E-state index contributed by atoms with van der Waals surface area (Å²) in [5, 5.41) is 2.23. The first-order chi connectivity index (χ1) is 10.5. The van der Waals surface area contributed by atoms with Crippen molar-refractivity contribution in [2.45, 2.75) is 6.54 Å². The van der Waals surface area contributed by atoms with Crippen molar-refractivity contribution in [1.82, 2.24) is 4.57 Å². The molecule has 0 fully saturated rings. The highest BCUT2D eigenvalue weighted by Crippen LogP contribution is 2.16. The van der Waals surface area contributed by atoms with Gasteiger partial charge in [-0.15, -0.1) is 0 Å². The maximum absolute atomic E-state index is 13.5. The number of carbonyl (C=O) groups excluding carboxylic acids is 1. The summed E-state index contributed by atoms with van der Waals surface area (Å²) in [7, 11) is 0. The van der Waals surface area contributed by atoms with E-state index in [4.69, 9.17) is 4.42 Å². The number of anilines is 1. The minimum atomic E-state index is -0.765. The molecule has 0 aliphatic rings. The number of amides is 1. The van der Waals surface area contributed by atoms with E-state index in [0.717, 1.165) is 22.8 Å². The van der Waals surface area contributed by atoms with Crippen molar-refractivity contribution in [2.24, 2.45) is 0 Å². The number of benzene rings is 2. The molecule has 3 rings (SSSR count). The van der Waals surface area contributed by atoms with Crippen molar-refractivity contribution in [1.29, 1.82) is 0 Å². The van der Waals surface area contributed by atoms with E-state index >= 15 is 0 Å². The summed E-state index contributed by atoms with van der Waals surface area (Å²) < 4.78 is 32.6. The van der Waals surface area contributed by atoms with Crippen LogP contribution in [0.3, 0.4) is 0 Å². The van der Waals surface area contributed by atoms with Gasteiger partial charge >= 0.3 is 5.76 Å². The number of halogens is 2. The third kappa shape index (κ3) is 2.60. The lowest BCUT2D eigenvalue weighted by Crippen LogP contribution is -2.25. The van der Waals surface area contributed by atoms with Crippen LogP contribution < -0.4 is 11.1 Å². The van der Waals surface area contributed by atoms with Crippen LogP contribution in [0.4, 0.5) is 14.5 Å². The number of rotatable bonds is 3. The fraction of sp³-hybridized carbons (Fsp3) is 0.0667. The number of hydrogen-bond acceptors (Lipinski definition) is 3. The third-order valence-corrected chi connectivity index (χ3v) is 3.08. The van der Waals surface area contributed by atoms with Crippen LogP contribution >= 0.6 is 0 Å². The van der Waals surface area contributed by atoms with Gasteiger partial charge in [-0.05, 0) is 24.3 Å². The molecule has 0 unspecified atom stereocenters. The molecular weight excluding hydrogens is 294 g/mol. The molecule has 0 saturated heterocycles. The van der Waals surface area contributed by atoms with Gasteiger partial charge in [-0.2, -0.15) is 0 Å². The molecule has 0 aliphatic heterocycles. The second-order valence-corrected chi connectivity index (χ2v) is 4.59. The Morgan fingerprint density at radius 3 is 2.77 bits per heavy atom. The van der Waals surface area contributed by atoms with E-state index in [9.17, 15) is 18.4 Å². The monoisotopic (exact) mass is 304 g/mol. The summed E-state index contributed by atoms with van der Waals surface area (Å²) in [5.41, 5.74) is 0.505. The number of nitrogens with zero attached hydrogens (tertiary/aromatic N) is 1. The lowest BCUT2D eigenvalue weighted by Gasteiger charge is -2.07. The normalized spacial score (nSPS) is 10.8. The van der Waals surface area contributed by atoms with Gasteiger partial charge in [0, 0.05) is 6.07 Å². The molecular formula is C15H10F2N2O3. The molecule has 0 saturated carbocycles. The lowest BCUT2D eigenvalue weighted by atomic mass is 10.3. The van der Waals surface area contributed by atoms with Gasteiger partial charge < -0.3 is 9.73 Å². The number of nitrogens with one attached hydrogen (secondary N) is 1. The van der Waals surface area contributed by atoms with Crippen LogP contribution in [-0.2, 0) is 11.3 Å². The average molecular weight is 304 g/mol. The number of aromatic nitrogens is 1. The first kappa shape index (κ1) is 14.0. The van der Waals surface area contributed by atoms with Crippen LogP contribution in [0.2, 0.25) is 0 Å². The van der Waals surface area contributed by atoms with Gasteiger partial charge in [0.2, 0.25) is 5.91 Å². The molecule has 1 heterocycles. The van der Waals surface area contributed by atoms with Crippen molar-refractivity contribution in [3.63, 3.8) is 0 Å². The van der Waals surface area contributed by atoms with Crippen LogP contribution in [0.1, 0.15) is 0 Å². The van der Waals surface area contributed by atoms with Crippen LogP contribution in [0, 0.1) is 11.6 Å². The lowest BCUT2D eigenvalue weighted by molar-refractivity contribution is -0.116. The number of fused-ring (bicyclic) bond motifs is 1. The van der Waals surface area contributed by atoms with Crippen molar-refractivity contribution >= 4 is 22.7 Å². The summed E-state index contributed by atoms with van der Waals surface area (Å²) in [6.07, 6.45) is 0. The molecule has 0 atom stereocenters. The molecule has 1 aromatic heterocycles. The minimum absolute atomic E-state index is 0.286. The average Bonchev–Trinajstić information content (AvgIpc) is 2.79. The van der Waals surface area contributed by atoms with Crippen molar-refractivity contribution in [3.8, 4) is 0 Å². The highest BCUT2D eigenvalue weighted by Gasteiger charge is 2.14. The Morgan fingerprint density at radius 1 is 1.18 bits per heavy atom. The largest absolute Gasteiger partial charge is 0.420 e. The summed E-state index contributed by atoms with van der Waals surface area (Å²) in [6, 6.07) is 9.32. The van der Waals surface area contributed by atoms with Gasteiger partial charge in [0.05, 0.1) is 11.2 Å². The van der Waals surface area contributed by atoms with E-state index in [1.807, 2.05) is 0 Å². The number of carbonyl (C=O) groups is 1. The predicted octanol–water partition coefficient (Wildman–Crippen LogP) is 2.51. The fourth-order valence-electron chi connectivity index (χ4n) is 2.09. The van der Waals surface area contributed by atoms with Crippen LogP contribution in [0.25, 0.3) is 11.1 Å². The van der Waals surface area contributed by atoms with Gasteiger partial charge in [-0.1, -0.05) is 12.1 Å². The van der Waals surface area contributed by atoms with Crippen molar-refractivity contribution < 1.29 is 18.0 Å². The first-order valence-electron chi connectivity index (χ1n) is 6.38. The summed E-state index contributed by atoms with van der Waals surface area (Å²) in [4.78, 5) is 23.7. The summed E-state index contributed by atoms with van der Waals surface area (Å²) >= 11 is 0. The highest BCUT2D eigenvalue weighted by atomic mass is 19.1. The maximum Gasteiger partial charge on any atom is 0.420 e. The van der Waals surface area contributed by atoms with Gasteiger partial charge in [-0.25, -0.2) is 13.6 Å². The second-order valence-electron chi connectivity index (χ2n) is 4.59. The number of para-hydroxylation sites is 2. The molecule has 0 aliphatic carbocycles. The van der Waals surface area contributed by atoms with Crippen molar-refractivity contribution in [3.05, 3.63) is 64.6 Å². The Hall–Kier alpha value is -2.96. The molecule has 0 bridgehead atoms. The topological polar surface area (TPSA) is 64.2 Å². The zero-order valence-corrected chi connectivity index (χ0v) is 11.2. The Morgan fingerprint density at radius 2 is 1.95 bits per heavy atom. The maximum atomic E-state index is 13.5. The Balaban J connectivity index is 1.86. The first-order valence-corrected chi connectivity index (χ1v) is 6.38. The number of oxazole rings is 1. The van der Waals surface area contributed by atoms with Crippen LogP contribution in [0.15, 0.2) is 51.7 Å². The van der Waals surface area contributed by atoms with E-state index in [1.165, 1.54) is 0 Å². The quantitative estimate of drug-likeness (QED) is 0.808. The van der Waals surface area contributed by atoms with E-state index in [1.54, 1.807) is 24.3 Å². The minimum Gasteiger partial charge on any atom is -0.408 e. The summed E-state index contributed by atoms with van der Waals surface area (Å²) in [6.45, 7) is -0.369. The van der Waals surface area contributed by atoms with Gasteiger partial charge in [-0.3, -0.25) is 9.36 Å². The zero-order chi connectivity index (χ0) is 15.7. The third-order valence-electron chi connectivity index (χ3n) is 3.08. The molecule has 3 aromatic rings. The van der Waals surface area contributed by atoms with Crippen LogP contribution in [0.5, 0.6) is 0 Å². The second kappa shape index (κ2) is 5.44. The van der Waals surface area contributed by atoms with Crippen molar-refractivity contribution in [2.75, 3.05) is 5.32 Å². The molecule has 7 heteroatoms. The van der Waals surface area contributed by atoms with E-state index in [-0.39, 0.29) is 12.2 Å². The SMILES string of the molecule is O=C(Cn1c(=O)oc2ccccc21)Nc1cc(F)ccc1F. The molecule has 0 spiro atoms. The smallest absolute Gasteiger partial charge is 0.408 e. The predicted molar refractivity (Wildman–Crippen MR) is 75.5 cm³/mol. The molecule has 112 valence electrons. The van der Waals surface area contributed by atoms with E-state index in [2.05, 4.69) is 5.32 Å². The summed E-state index contributed by atoms with van der Waals surface area (Å²) in [5.74, 6) is -2.81. The molecule has 2 aromatic carbocycles. The van der Waals surface area contributed by atoms with E-state index in [0.29, 0.717) is 11.1 Å². The zero-order valence-electron chi connectivity index (χ0n) is 11.2. The Kier molecular flexibility index (Phi) is 3.46.